The maximum absolute atomic E-state index is 11.1. The maximum atomic E-state index is 11.1. The van der Waals surface area contributed by atoms with Crippen LogP contribution in [0.2, 0.25) is 0 Å². The summed E-state index contributed by atoms with van der Waals surface area (Å²) < 4.78 is 61.1. The van der Waals surface area contributed by atoms with Crippen molar-refractivity contribution in [1.29, 1.82) is 0 Å². The summed E-state index contributed by atoms with van der Waals surface area (Å²) in [5.41, 5.74) is 0.00113. The van der Waals surface area contributed by atoms with Crippen molar-refractivity contribution in [3.8, 4) is 11.5 Å². The molecule has 0 aromatic heterocycles. The van der Waals surface area contributed by atoms with Crippen LogP contribution < -0.4 is 21.1 Å². The normalized spacial score (nSPS) is 11.1. The Morgan fingerprint density at radius 1 is 0.455 bits per heavy atom. The first kappa shape index (κ1) is 37.7. The van der Waals surface area contributed by atoms with E-state index in [2.05, 4.69) is 20.5 Å². The molecule has 4 aromatic carbocycles. The molecule has 0 bridgehead atoms. The molecular weight excluding hydrogens is 817 g/mol. The molecule has 0 heterocycles. The van der Waals surface area contributed by atoms with Gasteiger partial charge in [0, 0.05) is 0 Å². The molecule has 4 rings (SSSR count). The smallest absolute Gasteiger partial charge is 0.870 e. The van der Waals surface area contributed by atoms with Crippen LogP contribution in [-0.2, 0) is 20.2 Å². The first-order valence-corrected chi connectivity index (χ1v) is 14.2. The van der Waals surface area contributed by atoms with Crippen LogP contribution in [0.5, 0.6) is 11.5 Å². The van der Waals surface area contributed by atoms with Crippen LogP contribution in [0.1, 0.15) is 0 Å². The largest absolute Gasteiger partial charge is 3.00 e. The number of nitrogens with zero attached hydrogens (tertiary/aromatic N) is 4. The summed E-state index contributed by atoms with van der Waals surface area (Å²) in [7, 11) is -8.49. The Labute approximate surface area is 268 Å². The molecule has 226 valence electrons. The van der Waals surface area contributed by atoms with Crippen LogP contribution in [0.15, 0.2) is 137 Å². The fraction of sp³-hybridized carbons (Fsp3) is 0. The van der Waals surface area contributed by atoms with Crippen molar-refractivity contribution in [3.05, 3.63) is 118 Å². The van der Waals surface area contributed by atoms with E-state index in [0.29, 0.717) is 22.7 Å². The molecule has 0 amide bonds. The Morgan fingerprint density at radius 2 is 0.682 bits per heavy atom. The van der Waals surface area contributed by atoms with E-state index in [1.54, 1.807) is 0 Å². The summed E-state index contributed by atoms with van der Waals surface area (Å²) in [6.45, 7) is 0. The van der Waals surface area contributed by atoms with Gasteiger partial charge in [0.25, 0.3) is 20.2 Å². The predicted octanol–water partition coefficient (Wildman–Crippen LogP) is 3.01. The van der Waals surface area contributed by atoms with Gasteiger partial charge in [-0.15, -0.1) is 0 Å². The third-order valence-electron chi connectivity index (χ3n) is 4.94. The fourth-order valence-corrected chi connectivity index (χ4v) is 3.78. The zero-order valence-electron chi connectivity index (χ0n) is 21.9. The minimum Gasteiger partial charge on any atom is -0.870 e. The van der Waals surface area contributed by atoms with E-state index in [-0.39, 0.29) is 41.5 Å². The Hall–Kier alpha value is -4.32. The molecule has 44 heavy (non-hydrogen) atoms. The average Bonchev–Trinajstić information content (AvgIpc) is 3.21. The Balaban J connectivity index is 0.000000421. The standard InChI is InChI=1S/2C13H10N2O5S.Bi.H2O/c2*16-12-7-3-10(4-8-13(12)17)15-14-9-1-5-11(6-2-9)21(18,19)20;;/h2*1-8H,(H,16,17)(H,18,19,20);;1H2/q;;+3;/p-3. The van der Waals surface area contributed by atoms with E-state index in [1.165, 1.54) is 72.8 Å². The average molecular weight is 837 g/mol. The topological polar surface area (TPSA) is 268 Å². The van der Waals surface area contributed by atoms with Gasteiger partial charge < -0.3 is 15.7 Å². The number of benzene rings is 2. The SMILES string of the molecule is O=c1ccc(N=Nc2ccc(S(=O)(=O)O)cc2)ccc1[O-].O=c1ccc(N=Nc2ccc(S(=O)(=O)O)cc2)ccc1[O-].[Bi+3].[OH-]. The van der Waals surface area contributed by atoms with Gasteiger partial charge in [-0.25, -0.2) is 0 Å². The minimum absolute atomic E-state index is 0. The van der Waals surface area contributed by atoms with Crippen molar-refractivity contribution in [2.45, 2.75) is 9.79 Å². The summed E-state index contributed by atoms with van der Waals surface area (Å²) in [6, 6.07) is 19.9. The van der Waals surface area contributed by atoms with Crippen molar-refractivity contribution in [3.63, 3.8) is 0 Å². The summed E-state index contributed by atoms with van der Waals surface area (Å²) in [6.07, 6.45) is 0. The van der Waals surface area contributed by atoms with Crippen molar-refractivity contribution in [1.82, 2.24) is 0 Å². The van der Waals surface area contributed by atoms with Gasteiger partial charge in [0.1, 0.15) is 0 Å². The van der Waals surface area contributed by atoms with Crippen molar-refractivity contribution < 1.29 is 41.6 Å². The van der Waals surface area contributed by atoms with E-state index >= 15 is 0 Å². The van der Waals surface area contributed by atoms with Crippen molar-refractivity contribution in [2.24, 2.45) is 20.5 Å². The molecule has 0 aliphatic carbocycles. The molecule has 0 aliphatic heterocycles. The van der Waals surface area contributed by atoms with Gasteiger partial charge in [-0.1, -0.05) is 23.6 Å². The second-order valence-electron chi connectivity index (χ2n) is 7.98. The molecule has 0 saturated carbocycles. The van der Waals surface area contributed by atoms with Gasteiger partial charge in [0.2, 0.25) is 0 Å². The summed E-state index contributed by atoms with van der Waals surface area (Å²) in [5, 5.41) is 37.5. The van der Waals surface area contributed by atoms with Crippen LogP contribution in [0.4, 0.5) is 22.7 Å². The maximum Gasteiger partial charge on any atom is 3.00 e. The van der Waals surface area contributed by atoms with Crippen LogP contribution >= 0.6 is 0 Å². The fourth-order valence-electron chi connectivity index (χ4n) is 2.82. The predicted molar refractivity (Wildman–Crippen MR) is 153 cm³/mol. The Kier molecular flexibility index (Phi) is 14.1. The summed E-state index contributed by atoms with van der Waals surface area (Å²) in [4.78, 5) is 21.7. The van der Waals surface area contributed by atoms with Gasteiger partial charge in [0.15, 0.2) is 10.9 Å². The number of azo groups is 2. The summed E-state index contributed by atoms with van der Waals surface area (Å²) in [5.74, 6) is -1.29. The third kappa shape index (κ3) is 11.8. The van der Waals surface area contributed by atoms with Gasteiger partial charge in [-0.3, -0.25) is 18.7 Å². The van der Waals surface area contributed by atoms with E-state index in [4.69, 9.17) is 9.11 Å². The molecular formula is C26H19BiN4O11S2. The van der Waals surface area contributed by atoms with Gasteiger partial charge >= 0.3 is 26.2 Å². The van der Waals surface area contributed by atoms with E-state index in [0.717, 1.165) is 24.3 Å². The monoisotopic (exact) mass is 836 g/mol. The Bertz CT molecular complexity index is 1850. The molecule has 15 nitrogen and oxygen atoms in total. The van der Waals surface area contributed by atoms with Crippen LogP contribution in [0, 0.1) is 0 Å². The van der Waals surface area contributed by atoms with Crippen molar-refractivity contribution >= 4 is 69.2 Å². The van der Waals surface area contributed by atoms with E-state index in [1.807, 2.05) is 0 Å². The first-order chi connectivity index (χ1) is 19.7. The molecule has 0 aliphatic rings. The zero-order valence-corrected chi connectivity index (χ0v) is 27.0. The molecule has 0 unspecified atom stereocenters. The zero-order chi connectivity index (χ0) is 30.9. The second-order valence-corrected chi connectivity index (χ2v) is 10.8. The molecule has 0 spiro atoms. The van der Waals surface area contributed by atoms with E-state index < -0.39 is 42.6 Å². The second kappa shape index (κ2) is 16.5. The van der Waals surface area contributed by atoms with Crippen molar-refractivity contribution in [2.75, 3.05) is 0 Å². The molecule has 2 radical (unpaired) electrons. The number of rotatable bonds is 6. The molecule has 0 saturated heterocycles. The van der Waals surface area contributed by atoms with E-state index in [9.17, 15) is 36.6 Å². The molecule has 3 N–H and O–H groups in total. The molecule has 0 atom stereocenters. The molecule has 4 aromatic rings. The number of hydrogen-bond donors (Lipinski definition) is 2. The quantitative estimate of drug-likeness (QED) is 0.162. The van der Waals surface area contributed by atoms with Gasteiger partial charge in [-0.05, 0) is 84.9 Å². The van der Waals surface area contributed by atoms with Crippen LogP contribution in [0.3, 0.4) is 0 Å². The van der Waals surface area contributed by atoms with Crippen LogP contribution in [-0.4, -0.2) is 57.6 Å². The van der Waals surface area contributed by atoms with Crippen LogP contribution in [0.25, 0.3) is 0 Å². The Morgan fingerprint density at radius 3 is 0.932 bits per heavy atom. The molecule has 18 heteroatoms. The minimum atomic E-state index is -4.25. The third-order valence-corrected chi connectivity index (χ3v) is 6.67. The van der Waals surface area contributed by atoms with Gasteiger partial charge in [0.05, 0.1) is 32.5 Å². The number of hydrogen-bond acceptors (Lipinski definition) is 13. The summed E-state index contributed by atoms with van der Waals surface area (Å²) >= 11 is 0. The first-order valence-electron chi connectivity index (χ1n) is 11.3. The molecule has 0 fully saturated rings. The van der Waals surface area contributed by atoms with Gasteiger partial charge in [-0.2, -0.15) is 37.3 Å².